The maximum absolute atomic E-state index is 12.5. The average molecular weight is 416 g/mol. The largest absolute Gasteiger partial charge is 0.450 e. The standard InChI is InChI=1S/C22H28N2O6/c1-3-28-12-16-15-9-5-7-11-18(15)30-20(16)21(26)29-13-19(25)24-22(27)23-17-10-6-4-8-14(17)2/h5,7,9,11,14,17H,3-4,6,8,10,12-13H2,1-2H3,(H2,23,24,25,27)/t14-,17-/m1/s1. The lowest BCUT2D eigenvalue weighted by atomic mass is 9.86. The average Bonchev–Trinajstić information content (AvgIpc) is 3.10. The number of rotatable bonds is 7. The molecule has 0 radical (unpaired) electrons. The van der Waals surface area contributed by atoms with Crippen LogP contribution in [0.1, 0.15) is 55.6 Å². The van der Waals surface area contributed by atoms with Crippen molar-refractivity contribution in [3.8, 4) is 0 Å². The van der Waals surface area contributed by atoms with E-state index in [9.17, 15) is 14.4 Å². The third kappa shape index (κ3) is 5.38. The van der Waals surface area contributed by atoms with Crippen LogP contribution < -0.4 is 10.6 Å². The summed E-state index contributed by atoms with van der Waals surface area (Å²) in [5, 5.41) is 5.78. The van der Waals surface area contributed by atoms with E-state index in [1.54, 1.807) is 12.1 Å². The van der Waals surface area contributed by atoms with Gasteiger partial charge < -0.3 is 19.2 Å². The molecule has 1 saturated carbocycles. The lowest BCUT2D eigenvalue weighted by molar-refractivity contribution is -0.123. The molecule has 1 aromatic carbocycles. The van der Waals surface area contributed by atoms with Crippen LogP contribution in [0.3, 0.4) is 0 Å². The summed E-state index contributed by atoms with van der Waals surface area (Å²) < 4.78 is 16.1. The molecule has 3 rings (SSSR count). The van der Waals surface area contributed by atoms with Gasteiger partial charge in [-0.3, -0.25) is 10.1 Å². The Morgan fingerprint density at radius 2 is 1.93 bits per heavy atom. The smallest absolute Gasteiger partial charge is 0.375 e. The molecular formula is C22H28N2O6. The molecule has 2 atom stereocenters. The molecule has 0 aliphatic heterocycles. The fraction of sp³-hybridized carbons (Fsp3) is 0.500. The number of hydrogen-bond donors (Lipinski definition) is 2. The maximum Gasteiger partial charge on any atom is 0.375 e. The molecular weight excluding hydrogens is 388 g/mol. The van der Waals surface area contributed by atoms with Crippen LogP contribution in [0.2, 0.25) is 0 Å². The Labute approximate surface area is 175 Å². The lowest BCUT2D eigenvalue weighted by Crippen LogP contribution is -2.48. The first-order valence-electron chi connectivity index (χ1n) is 10.3. The van der Waals surface area contributed by atoms with Crippen molar-refractivity contribution < 1.29 is 28.3 Å². The van der Waals surface area contributed by atoms with E-state index in [1.165, 1.54) is 0 Å². The summed E-state index contributed by atoms with van der Waals surface area (Å²) in [6.45, 7) is 4.01. The van der Waals surface area contributed by atoms with E-state index in [1.807, 2.05) is 19.1 Å². The molecule has 3 amide bonds. The first-order chi connectivity index (χ1) is 14.5. The van der Waals surface area contributed by atoms with Crippen LogP contribution in [0.5, 0.6) is 0 Å². The van der Waals surface area contributed by atoms with E-state index in [4.69, 9.17) is 13.9 Å². The molecule has 30 heavy (non-hydrogen) atoms. The van der Waals surface area contributed by atoms with Gasteiger partial charge in [-0.15, -0.1) is 0 Å². The Morgan fingerprint density at radius 1 is 1.17 bits per heavy atom. The number of para-hydroxylation sites is 1. The summed E-state index contributed by atoms with van der Waals surface area (Å²) in [7, 11) is 0. The van der Waals surface area contributed by atoms with Crippen LogP contribution in [0, 0.1) is 5.92 Å². The zero-order valence-corrected chi connectivity index (χ0v) is 17.4. The number of ether oxygens (including phenoxy) is 2. The number of furan rings is 1. The van der Waals surface area contributed by atoms with E-state index >= 15 is 0 Å². The highest BCUT2D eigenvalue weighted by atomic mass is 16.5. The van der Waals surface area contributed by atoms with Gasteiger partial charge in [-0.2, -0.15) is 0 Å². The summed E-state index contributed by atoms with van der Waals surface area (Å²) in [5.41, 5.74) is 1.10. The van der Waals surface area contributed by atoms with Gasteiger partial charge in [0, 0.05) is 23.6 Å². The van der Waals surface area contributed by atoms with Crippen LogP contribution in [0.25, 0.3) is 11.0 Å². The number of benzene rings is 1. The van der Waals surface area contributed by atoms with Gasteiger partial charge in [-0.25, -0.2) is 9.59 Å². The normalized spacial score (nSPS) is 18.7. The molecule has 0 bridgehead atoms. The van der Waals surface area contributed by atoms with Gasteiger partial charge >= 0.3 is 12.0 Å². The highest BCUT2D eigenvalue weighted by molar-refractivity contribution is 5.99. The monoisotopic (exact) mass is 416 g/mol. The van der Waals surface area contributed by atoms with Crippen LogP contribution in [-0.2, 0) is 20.9 Å². The fourth-order valence-electron chi connectivity index (χ4n) is 3.71. The van der Waals surface area contributed by atoms with E-state index in [-0.39, 0.29) is 18.4 Å². The number of carbonyl (C=O) groups is 3. The van der Waals surface area contributed by atoms with Gasteiger partial charge in [0.05, 0.1) is 6.61 Å². The van der Waals surface area contributed by atoms with Gasteiger partial charge in [0.15, 0.2) is 6.61 Å². The summed E-state index contributed by atoms with van der Waals surface area (Å²) in [6.07, 6.45) is 4.16. The van der Waals surface area contributed by atoms with Crippen molar-refractivity contribution in [1.82, 2.24) is 10.6 Å². The number of amides is 3. The van der Waals surface area contributed by atoms with Gasteiger partial charge in [0.25, 0.3) is 5.91 Å². The summed E-state index contributed by atoms with van der Waals surface area (Å²) in [4.78, 5) is 36.6. The second-order valence-electron chi connectivity index (χ2n) is 7.51. The lowest BCUT2D eigenvalue weighted by Gasteiger charge is -2.29. The van der Waals surface area contributed by atoms with E-state index < -0.39 is 24.5 Å². The predicted octanol–water partition coefficient (Wildman–Crippen LogP) is 3.53. The van der Waals surface area contributed by atoms with Crippen LogP contribution in [-0.4, -0.2) is 37.2 Å². The van der Waals surface area contributed by atoms with Crippen molar-refractivity contribution in [2.45, 2.75) is 52.2 Å². The molecule has 8 heteroatoms. The van der Waals surface area contributed by atoms with Gasteiger partial charge in [-0.05, 0) is 31.7 Å². The number of nitrogens with one attached hydrogen (secondary N) is 2. The summed E-state index contributed by atoms with van der Waals surface area (Å²) >= 11 is 0. The Balaban J connectivity index is 1.56. The number of hydrogen-bond acceptors (Lipinski definition) is 6. The van der Waals surface area contributed by atoms with E-state index in [0.29, 0.717) is 23.7 Å². The molecule has 8 nitrogen and oxygen atoms in total. The first-order valence-corrected chi connectivity index (χ1v) is 10.3. The van der Waals surface area contributed by atoms with Crippen molar-refractivity contribution in [3.05, 3.63) is 35.6 Å². The minimum absolute atomic E-state index is 0.00191. The van der Waals surface area contributed by atoms with Crippen molar-refractivity contribution in [3.63, 3.8) is 0 Å². The second kappa shape index (κ2) is 10.2. The third-order valence-electron chi connectivity index (χ3n) is 5.35. The number of fused-ring (bicyclic) bond motifs is 1. The molecule has 1 aliphatic rings. The maximum atomic E-state index is 12.5. The summed E-state index contributed by atoms with van der Waals surface area (Å²) in [6, 6.07) is 6.67. The van der Waals surface area contributed by atoms with Crippen molar-refractivity contribution in [1.29, 1.82) is 0 Å². The number of imide groups is 1. The first kappa shape index (κ1) is 21.8. The molecule has 0 spiro atoms. The summed E-state index contributed by atoms with van der Waals surface area (Å²) in [5.74, 6) is -1.11. The van der Waals surface area contributed by atoms with Crippen molar-refractivity contribution >= 4 is 28.9 Å². The molecule has 2 N–H and O–H groups in total. The molecule has 1 heterocycles. The Morgan fingerprint density at radius 3 is 2.70 bits per heavy atom. The second-order valence-corrected chi connectivity index (χ2v) is 7.51. The highest BCUT2D eigenvalue weighted by Crippen LogP contribution is 2.27. The minimum atomic E-state index is -0.780. The SMILES string of the molecule is CCOCc1c(C(=O)OCC(=O)NC(=O)N[C@@H]2CCCC[C@H]2C)oc2ccccc12. The zero-order valence-electron chi connectivity index (χ0n) is 17.4. The Hall–Kier alpha value is -2.87. The molecule has 0 unspecified atom stereocenters. The van der Waals surface area contributed by atoms with Crippen LogP contribution in [0.15, 0.2) is 28.7 Å². The van der Waals surface area contributed by atoms with Crippen molar-refractivity contribution in [2.24, 2.45) is 5.92 Å². The number of esters is 1. The van der Waals surface area contributed by atoms with Crippen LogP contribution >= 0.6 is 0 Å². The molecule has 0 saturated heterocycles. The van der Waals surface area contributed by atoms with E-state index in [2.05, 4.69) is 17.6 Å². The molecule has 162 valence electrons. The Kier molecular flexibility index (Phi) is 7.46. The Bertz CT molecular complexity index is 906. The van der Waals surface area contributed by atoms with E-state index in [0.717, 1.165) is 31.1 Å². The topological polar surface area (TPSA) is 107 Å². The highest BCUT2D eigenvalue weighted by Gasteiger charge is 2.25. The van der Waals surface area contributed by atoms with Crippen molar-refractivity contribution in [2.75, 3.05) is 13.2 Å². The number of carbonyl (C=O) groups excluding carboxylic acids is 3. The minimum Gasteiger partial charge on any atom is -0.450 e. The third-order valence-corrected chi connectivity index (χ3v) is 5.35. The predicted molar refractivity (Wildman–Crippen MR) is 110 cm³/mol. The van der Waals surface area contributed by atoms with Gasteiger partial charge in [0.2, 0.25) is 5.76 Å². The van der Waals surface area contributed by atoms with Gasteiger partial charge in [0.1, 0.15) is 5.58 Å². The molecule has 1 aromatic heterocycles. The van der Waals surface area contributed by atoms with Crippen LogP contribution in [0.4, 0.5) is 4.79 Å². The molecule has 1 aliphatic carbocycles. The molecule has 2 aromatic rings. The fourth-order valence-corrected chi connectivity index (χ4v) is 3.71. The zero-order chi connectivity index (χ0) is 21.5. The number of urea groups is 1. The van der Waals surface area contributed by atoms with Gasteiger partial charge in [-0.1, -0.05) is 38.0 Å². The molecule has 1 fully saturated rings. The quantitative estimate of drug-likeness (QED) is 0.669.